The number of hydrogen-bond acceptors (Lipinski definition) is 0. The van der Waals surface area contributed by atoms with Crippen molar-refractivity contribution in [3.63, 3.8) is 0 Å². The standard InChI is InChI=1S/C17H40N2Si2.2ClH.Ti/c1-15(2)11-17(12-16(3)4,13-18-20(5,6)7)14-19-21(8,9)10;;;/h15-16H,11-14H2,1-10H3;2*1H;/q-2;;;+2/p-2. The molecule has 0 aromatic heterocycles. The molecule has 0 atom stereocenters. The molecule has 0 aliphatic heterocycles. The summed E-state index contributed by atoms with van der Waals surface area (Å²) in [5.74, 6) is 1.44. The normalized spacial score (nSPS) is 13.1. The number of nitrogens with zero attached hydrogens (tertiary/aromatic N) is 2. The van der Waals surface area contributed by atoms with E-state index in [9.17, 15) is 0 Å². The quantitative estimate of drug-likeness (QED) is 0.305. The van der Waals surface area contributed by atoms with Crippen molar-refractivity contribution < 1.29 is 17.0 Å². The first-order valence-corrected chi connectivity index (χ1v) is 20.2. The van der Waals surface area contributed by atoms with Crippen LogP contribution < -0.4 is 0 Å². The molecule has 0 spiro atoms. The molecular weight excluding hydrogens is 407 g/mol. The Kier molecular flexibility index (Phi) is 15.0. The maximum atomic E-state index is 5.13. The van der Waals surface area contributed by atoms with Crippen LogP contribution in [0, 0.1) is 17.3 Å². The second-order valence-corrected chi connectivity index (χ2v) is 21.6. The summed E-state index contributed by atoms with van der Waals surface area (Å²) in [6, 6.07) is 0. The van der Waals surface area contributed by atoms with E-state index in [-0.39, 0.29) is 0 Å². The van der Waals surface area contributed by atoms with Crippen LogP contribution in [-0.4, -0.2) is 29.6 Å². The monoisotopic (exact) mass is 446 g/mol. The van der Waals surface area contributed by atoms with Crippen molar-refractivity contribution in [2.24, 2.45) is 17.3 Å². The fraction of sp³-hybridized carbons (Fsp3) is 1.00. The van der Waals surface area contributed by atoms with Crippen LogP contribution in [0.3, 0.4) is 0 Å². The topological polar surface area (TPSA) is 28.2 Å². The predicted molar refractivity (Wildman–Crippen MR) is 116 cm³/mol. The Hall–Kier alpha value is 1.65. The third kappa shape index (κ3) is 18.4. The zero-order valence-electron chi connectivity index (χ0n) is 17.6. The van der Waals surface area contributed by atoms with Gasteiger partial charge in [-0.1, -0.05) is 88.9 Å². The van der Waals surface area contributed by atoms with Gasteiger partial charge in [0, 0.05) is 0 Å². The van der Waals surface area contributed by atoms with E-state index in [1.165, 1.54) is 12.8 Å². The molecule has 0 radical (unpaired) electrons. The van der Waals surface area contributed by atoms with Gasteiger partial charge in [-0.05, 0) is 24.7 Å². The molecule has 0 aromatic rings. The van der Waals surface area contributed by atoms with E-state index in [1.807, 2.05) is 0 Å². The van der Waals surface area contributed by atoms with Gasteiger partial charge in [0.25, 0.3) is 0 Å². The van der Waals surface area contributed by atoms with Crippen molar-refractivity contribution >= 4 is 35.1 Å². The van der Waals surface area contributed by atoms with Crippen LogP contribution in [0.4, 0.5) is 0 Å². The van der Waals surface area contributed by atoms with Crippen molar-refractivity contribution in [3.05, 3.63) is 9.96 Å². The van der Waals surface area contributed by atoms with Crippen LogP contribution in [0.15, 0.2) is 0 Å². The molecule has 0 amide bonds. The van der Waals surface area contributed by atoms with Gasteiger partial charge in [0.05, 0.1) is 0 Å². The minimum absolute atomic E-state index is 0.295. The molecule has 0 N–H and O–H groups in total. The second-order valence-electron chi connectivity index (χ2n) is 9.74. The molecule has 146 valence electrons. The first-order chi connectivity index (χ1) is 10.7. The van der Waals surface area contributed by atoms with E-state index >= 15 is 0 Å². The van der Waals surface area contributed by atoms with Crippen LogP contribution in [-0.2, 0) is 17.0 Å². The molecule has 0 aliphatic rings. The van der Waals surface area contributed by atoms with Gasteiger partial charge in [-0.2, -0.15) is 0 Å². The predicted octanol–water partition coefficient (Wildman–Crippen LogP) is 7.86. The second kappa shape index (κ2) is 12.9. The van der Waals surface area contributed by atoms with Crippen molar-refractivity contribution in [3.8, 4) is 0 Å². The van der Waals surface area contributed by atoms with Gasteiger partial charge in [0.15, 0.2) is 0 Å². The summed E-state index contributed by atoms with van der Waals surface area (Å²) in [5.41, 5.74) is 0.295. The molecule has 24 heavy (non-hydrogen) atoms. The molecule has 0 heterocycles. The van der Waals surface area contributed by atoms with Crippen molar-refractivity contribution in [2.75, 3.05) is 13.1 Å². The Bertz CT molecular complexity index is 287. The zero-order valence-corrected chi connectivity index (χ0v) is 22.7. The van der Waals surface area contributed by atoms with E-state index in [0.717, 1.165) is 24.9 Å². The molecule has 0 bridgehead atoms. The van der Waals surface area contributed by atoms with Crippen molar-refractivity contribution in [2.45, 2.75) is 79.8 Å². The SMILES string of the molecule is CC(C)CC(C[N-][Si](C)(C)C)(C[N-][Si](C)(C)C)CC(C)C.[Cl][Ti][Cl]. The minimum atomic E-state index is -1.35. The molecule has 2 nitrogen and oxygen atoms in total. The molecule has 0 rings (SSSR count). The first-order valence-electron chi connectivity index (χ1n) is 9.00. The molecule has 0 fully saturated rings. The summed E-state index contributed by atoms with van der Waals surface area (Å²) in [6.07, 6.45) is 2.51. The van der Waals surface area contributed by atoms with Gasteiger partial charge < -0.3 is 9.96 Å². The van der Waals surface area contributed by atoms with E-state index < -0.39 is 33.5 Å². The molecule has 0 aromatic carbocycles. The van der Waals surface area contributed by atoms with E-state index in [0.29, 0.717) is 5.41 Å². The van der Waals surface area contributed by atoms with Gasteiger partial charge in [0.2, 0.25) is 0 Å². The molecule has 7 heteroatoms. The number of halogens is 2. The summed E-state index contributed by atoms with van der Waals surface area (Å²) < 4.78 is 0. The molecular formula is C17H40Cl2N2Si2Ti-2. The summed E-state index contributed by atoms with van der Waals surface area (Å²) in [5, 5.41) is 0. The van der Waals surface area contributed by atoms with Gasteiger partial charge in [-0.15, -0.1) is 13.1 Å². The van der Waals surface area contributed by atoms with Crippen molar-refractivity contribution in [1.82, 2.24) is 0 Å². The fourth-order valence-corrected chi connectivity index (χ4v) is 4.55. The summed E-state index contributed by atoms with van der Waals surface area (Å²) in [6.45, 7) is 25.5. The third-order valence-corrected chi connectivity index (χ3v) is 5.67. The third-order valence-electron chi connectivity index (χ3n) is 3.46. The summed E-state index contributed by atoms with van der Waals surface area (Å²) in [7, 11) is 7.08. The van der Waals surface area contributed by atoms with E-state index in [4.69, 9.17) is 28.6 Å². The zero-order chi connectivity index (χ0) is 19.6. The Morgan fingerprint density at radius 2 is 1.00 bits per heavy atom. The van der Waals surface area contributed by atoms with Gasteiger partial charge in [0.1, 0.15) is 0 Å². The van der Waals surface area contributed by atoms with Gasteiger partial charge in [-0.25, -0.2) is 0 Å². The Balaban J connectivity index is 0. The van der Waals surface area contributed by atoms with Gasteiger partial charge in [-0.3, -0.25) is 0 Å². The Labute approximate surface area is 171 Å². The number of rotatable bonds is 10. The fourth-order valence-electron chi connectivity index (χ4n) is 2.93. The maximum absolute atomic E-state index is 5.13. The van der Waals surface area contributed by atoms with E-state index in [2.05, 4.69) is 67.0 Å². The average molecular weight is 447 g/mol. The molecule has 0 saturated heterocycles. The molecule has 0 saturated carbocycles. The Morgan fingerprint density at radius 1 is 0.750 bits per heavy atom. The van der Waals surface area contributed by atoms with Crippen LogP contribution in [0.1, 0.15) is 40.5 Å². The van der Waals surface area contributed by atoms with Crippen LogP contribution in [0.2, 0.25) is 39.3 Å². The van der Waals surface area contributed by atoms with Crippen LogP contribution >= 0.6 is 18.6 Å². The average Bonchev–Trinajstić information content (AvgIpc) is 2.32. The Morgan fingerprint density at radius 3 is 1.17 bits per heavy atom. The van der Waals surface area contributed by atoms with E-state index in [1.54, 1.807) is 0 Å². The van der Waals surface area contributed by atoms with Gasteiger partial charge >= 0.3 is 35.6 Å². The first kappa shape index (κ1) is 27.9. The molecule has 0 aliphatic carbocycles. The molecule has 0 unspecified atom stereocenters. The van der Waals surface area contributed by atoms with Crippen LogP contribution in [0.25, 0.3) is 9.96 Å². The van der Waals surface area contributed by atoms with Crippen LogP contribution in [0.5, 0.6) is 0 Å². The summed E-state index contributed by atoms with van der Waals surface area (Å²) in [4.78, 5) is 10.3. The number of hydrogen-bond donors (Lipinski definition) is 0. The summed E-state index contributed by atoms with van der Waals surface area (Å²) >= 11 is -0.556. The van der Waals surface area contributed by atoms with Crippen molar-refractivity contribution in [1.29, 1.82) is 0 Å².